The average Bonchev–Trinajstić information content (AvgIpc) is 3.24. The fourth-order valence-corrected chi connectivity index (χ4v) is 3.26. The van der Waals surface area contributed by atoms with Crippen molar-refractivity contribution < 1.29 is 13.8 Å². The van der Waals surface area contributed by atoms with Crippen LogP contribution in [-0.2, 0) is 17.8 Å². The first-order valence-corrected chi connectivity index (χ1v) is 9.68. The van der Waals surface area contributed by atoms with Crippen LogP contribution < -0.4 is 0 Å². The van der Waals surface area contributed by atoms with Gasteiger partial charge in [0.1, 0.15) is 5.76 Å². The zero-order chi connectivity index (χ0) is 19.4. The molecule has 0 aromatic carbocycles. The van der Waals surface area contributed by atoms with E-state index in [2.05, 4.69) is 20.2 Å². The molecule has 0 unspecified atom stereocenters. The smallest absolute Gasteiger partial charge is 0.226 e. The molecule has 27 heavy (non-hydrogen) atoms. The summed E-state index contributed by atoms with van der Waals surface area (Å²) in [6, 6.07) is 0. The quantitative estimate of drug-likeness (QED) is 0.734. The maximum atomic E-state index is 12.4. The highest BCUT2D eigenvalue weighted by Gasteiger charge is 2.22. The first kappa shape index (κ1) is 19.5. The molecule has 148 valence electrons. The molecular formula is C19H29N5O3. The van der Waals surface area contributed by atoms with Gasteiger partial charge in [-0.1, -0.05) is 24.2 Å². The summed E-state index contributed by atoms with van der Waals surface area (Å²) in [5, 5.41) is 7.97. The van der Waals surface area contributed by atoms with Crippen molar-refractivity contribution in [3.63, 3.8) is 0 Å². The molecule has 0 spiro atoms. The summed E-state index contributed by atoms with van der Waals surface area (Å²) in [7, 11) is 0. The Balaban J connectivity index is 1.39. The van der Waals surface area contributed by atoms with Crippen LogP contribution in [0.2, 0.25) is 0 Å². The molecule has 1 aliphatic rings. The number of carbonyl (C=O) groups is 1. The van der Waals surface area contributed by atoms with E-state index in [-0.39, 0.29) is 11.8 Å². The van der Waals surface area contributed by atoms with E-state index in [0.29, 0.717) is 18.7 Å². The van der Waals surface area contributed by atoms with Gasteiger partial charge in [0.05, 0.1) is 5.69 Å². The Labute approximate surface area is 159 Å². The Bertz CT molecular complexity index is 740. The SMILES string of the molecule is Cc1noc(C)c1CN1CCN(C(=O)CCCc2nc(C(C)C)no2)CC1. The molecule has 0 bridgehead atoms. The first-order valence-electron chi connectivity index (χ1n) is 9.68. The largest absolute Gasteiger partial charge is 0.361 e. The van der Waals surface area contributed by atoms with Crippen LogP contribution in [0.3, 0.4) is 0 Å². The van der Waals surface area contributed by atoms with Gasteiger partial charge in [0, 0.05) is 57.0 Å². The van der Waals surface area contributed by atoms with Crippen molar-refractivity contribution in [2.24, 2.45) is 0 Å². The lowest BCUT2D eigenvalue weighted by Crippen LogP contribution is -2.48. The van der Waals surface area contributed by atoms with E-state index < -0.39 is 0 Å². The molecular weight excluding hydrogens is 346 g/mol. The summed E-state index contributed by atoms with van der Waals surface area (Å²) in [6.07, 6.45) is 1.90. The molecule has 1 saturated heterocycles. The molecule has 0 N–H and O–H groups in total. The highest BCUT2D eigenvalue weighted by Crippen LogP contribution is 2.17. The van der Waals surface area contributed by atoms with E-state index in [0.717, 1.165) is 62.0 Å². The Kier molecular flexibility index (Phi) is 6.26. The van der Waals surface area contributed by atoms with Crippen molar-refractivity contribution in [2.45, 2.75) is 59.4 Å². The van der Waals surface area contributed by atoms with E-state index in [1.807, 2.05) is 32.6 Å². The molecule has 3 heterocycles. The Hall–Kier alpha value is -2.22. The lowest BCUT2D eigenvalue weighted by molar-refractivity contribution is -0.133. The second-order valence-corrected chi connectivity index (χ2v) is 7.51. The van der Waals surface area contributed by atoms with E-state index in [9.17, 15) is 4.79 Å². The molecule has 2 aromatic rings. The monoisotopic (exact) mass is 375 g/mol. The fraction of sp³-hybridized carbons (Fsp3) is 0.684. The van der Waals surface area contributed by atoms with Crippen LogP contribution in [0.25, 0.3) is 0 Å². The van der Waals surface area contributed by atoms with Gasteiger partial charge in [0.2, 0.25) is 11.8 Å². The van der Waals surface area contributed by atoms with Gasteiger partial charge >= 0.3 is 0 Å². The Morgan fingerprint density at radius 2 is 1.85 bits per heavy atom. The summed E-state index contributed by atoms with van der Waals surface area (Å²) < 4.78 is 10.5. The second-order valence-electron chi connectivity index (χ2n) is 7.51. The molecule has 0 radical (unpaired) electrons. The number of aryl methyl sites for hydroxylation is 3. The molecule has 8 nitrogen and oxygen atoms in total. The first-order chi connectivity index (χ1) is 12.9. The summed E-state index contributed by atoms with van der Waals surface area (Å²) >= 11 is 0. The van der Waals surface area contributed by atoms with E-state index in [1.54, 1.807) is 0 Å². The van der Waals surface area contributed by atoms with E-state index in [1.165, 1.54) is 0 Å². The van der Waals surface area contributed by atoms with Gasteiger partial charge in [0.15, 0.2) is 5.82 Å². The van der Waals surface area contributed by atoms with E-state index >= 15 is 0 Å². The Morgan fingerprint density at radius 1 is 1.11 bits per heavy atom. The number of rotatable bonds is 7. The minimum Gasteiger partial charge on any atom is -0.361 e. The van der Waals surface area contributed by atoms with E-state index in [4.69, 9.17) is 9.05 Å². The number of hydrogen-bond acceptors (Lipinski definition) is 7. The maximum absolute atomic E-state index is 12.4. The van der Waals surface area contributed by atoms with Crippen LogP contribution in [0.5, 0.6) is 0 Å². The number of amides is 1. The minimum absolute atomic E-state index is 0.204. The number of nitrogens with zero attached hydrogens (tertiary/aromatic N) is 5. The summed E-state index contributed by atoms with van der Waals surface area (Å²) in [6.45, 7) is 12.1. The van der Waals surface area contributed by atoms with Crippen LogP contribution in [0.15, 0.2) is 9.05 Å². The van der Waals surface area contributed by atoms with Gasteiger partial charge in [-0.05, 0) is 20.3 Å². The molecule has 1 aliphatic heterocycles. The Morgan fingerprint density at radius 3 is 2.44 bits per heavy atom. The summed E-state index contributed by atoms with van der Waals surface area (Å²) in [4.78, 5) is 21.1. The van der Waals surface area contributed by atoms with Crippen molar-refractivity contribution >= 4 is 5.91 Å². The molecule has 2 aromatic heterocycles. The average molecular weight is 375 g/mol. The molecule has 0 atom stereocenters. The molecule has 0 saturated carbocycles. The third kappa shape index (κ3) is 4.94. The molecule has 1 amide bonds. The summed E-state index contributed by atoms with van der Waals surface area (Å²) in [5.74, 6) is 2.69. The second kappa shape index (κ2) is 8.65. The van der Waals surface area contributed by atoms with Gasteiger partial charge in [-0.3, -0.25) is 9.69 Å². The normalized spacial score (nSPS) is 15.7. The minimum atomic E-state index is 0.204. The predicted molar refractivity (Wildman–Crippen MR) is 99.2 cm³/mol. The molecule has 8 heteroatoms. The predicted octanol–water partition coefficient (Wildman–Crippen LogP) is 2.46. The standard InChI is InChI=1S/C19H29N5O3/c1-13(2)19-20-17(27-22-19)6-5-7-18(25)24-10-8-23(9-11-24)12-16-14(3)21-26-15(16)4/h13H,5-12H2,1-4H3. The molecule has 0 aliphatic carbocycles. The van der Waals surface area contributed by atoms with Crippen LogP contribution in [0, 0.1) is 13.8 Å². The van der Waals surface area contributed by atoms with Crippen LogP contribution >= 0.6 is 0 Å². The number of piperazine rings is 1. The van der Waals surface area contributed by atoms with Crippen LogP contribution in [0.4, 0.5) is 0 Å². The van der Waals surface area contributed by atoms with Crippen LogP contribution in [-0.4, -0.2) is 57.2 Å². The molecule has 1 fully saturated rings. The van der Waals surface area contributed by atoms with Gasteiger partial charge in [-0.2, -0.15) is 4.98 Å². The van der Waals surface area contributed by atoms with Gasteiger partial charge in [-0.25, -0.2) is 0 Å². The van der Waals surface area contributed by atoms with Gasteiger partial charge in [-0.15, -0.1) is 0 Å². The zero-order valence-corrected chi connectivity index (χ0v) is 16.7. The maximum Gasteiger partial charge on any atom is 0.226 e. The lowest BCUT2D eigenvalue weighted by Gasteiger charge is -2.34. The van der Waals surface area contributed by atoms with Crippen LogP contribution in [0.1, 0.15) is 61.3 Å². The van der Waals surface area contributed by atoms with Crippen molar-refractivity contribution in [3.8, 4) is 0 Å². The van der Waals surface area contributed by atoms with Crippen molar-refractivity contribution in [3.05, 3.63) is 28.7 Å². The highest BCUT2D eigenvalue weighted by molar-refractivity contribution is 5.76. The van der Waals surface area contributed by atoms with Gasteiger partial charge < -0.3 is 13.9 Å². The van der Waals surface area contributed by atoms with Crippen molar-refractivity contribution in [2.75, 3.05) is 26.2 Å². The lowest BCUT2D eigenvalue weighted by atomic mass is 10.1. The molecule has 3 rings (SSSR count). The topological polar surface area (TPSA) is 88.5 Å². The number of aromatic nitrogens is 3. The third-order valence-electron chi connectivity index (χ3n) is 5.07. The highest BCUT2D eigenvalue weighted by atomic mass is 16.5. The van der Waals surface area contributed by atoms with Crippen molar-refractivity contribution in [1.29, 1.82) is 0 Å². The summed E-state index contributed by atoms with van der Waals surface area (Å²) in [5.41, 5.74) is 2.11. The number of hydrogen-bond donors (Lipinski definition) is 0. The third-order valence-corrected chi connectivity index (χ3v) is 5.07. The fourth-order valence-electron chi connectivity index (χ4n) is 3.26. The zero-order valence-electron chi connectivity index (χ0n) is 16.7. The van der Waals surface area contributed by atoms with Crippen molar-refractivity contribution in [1.82, 2.24) is 25.1 Å². The number of carbonyl (C=O) groups excluding carboxylic acids is 1. The van der Waals surface area contributed by atoms with Gasteiger partial charge in [0.25, 0.3) is 0 Å².